The molecule has 6 heteroatoms. The summed E-state index contributed by atoms with van der Waals surface area (Å²) in [5.74, 6) is 0.615. The molecule has 1 unspecified atom stereocenters. The monoisotopic (exact) mass is 501 g/mol. The average Bonchev–Trinajstić information content (AvgIpc) is 2.88. The number of carbonyl (C=O) groups excluding carboxylic acids is 1. The van der Waals surface area contributed by atoms with Crippen molar-refractivity contribution in [1.82, 2.24) is 14.5 Å². The van der Waals surface area contributed by atoms with E-state index in [-0.39, 0.29) is 11.5 Å². The van der Waals surface area contributed by atoms with Gasteiger partial charge in [0.1, 0.15) is 5.82 Å². The highest BCUT2D eigenvalue weighted by molar-refractivity contribution is 6.30. The standard InChI is InChI=1S/C30H32ClN3O2/c1-4-5-15-28(35)33(19-18-23-11-7-6-8-12-23)22(3)29-32-26-14-10-9-13-25(26)30(36)34(29)27-17-16-24(31)20-21(27)2/h6-14,16-17,20,22H,4-5,15,18-19H2,1-3H3. The maximum Gasteiger partial charge on any atom is 0.266 e. The van der Waals surface area contributed by atoms with E-state index in [9.17, 15) is 9.59 Å². The van der Waals surface area contributed by atoms with Crippen LogP contribution in [0.25, 0.3) is 16.6 Å². The smallest absolute Gasteiger partial charge is 0.266 e. The van der Waals surface area contributed by atoms with Gasteiger partial charge in [-0.2, -0.15) is 0 Å². The molecule has 0 aliphatic carbocycles. The normalized spacial score (nSPS) is 12.0. The lowest BCUT2D eigenvalue weighted by atomic mass is 10.1. The van der Waals surface area contributed by atoms with E-state index in [4.69, 9.17) is 16.6 Å². The first-order valence-corrected chi connectivity index (χ1v) is 12.9. The molecular weight excluding hydrogens is 470 g/mol. The fourth-order valence-electron chi connectivity index (χ4n) is 4.57. The van der Waals surface area contributed by atoms with E-state index < -0.39 is 6.04 Å². The minimum Gasteiger partial charge on any atom is -0.332 e. The van der Waals surface area contributed by atoms with Crippen LogP contribution in [0.3, 0.4) is 0 Å². The number of carbonyl (C=O) groups is 1. The lowest BCUT2D eigenvalue weighted by molar-refractivity contribution is -0.133. The number of fused-ring (bicyclic) bond motifs is 1. The zero-order valence-corrected chi connectivity index (χ0v) is 21.8. The van der Waals surface area contributed by atoms with E-state index in [1.54, 1.807) is 16.7 Å². The van der Waals surface area contributed by atoms with Crippen LogP contribution in [0.1, 0.15) is 56.1 Å². The van der Waals surface area contributed by atoms with Gasteiger partial charge in [0.25, 0.3) is 5.56 Å². The van der Waals surface area contributed by atoms with Crippen LogP contribution < -0.4 is 5.56 Å². The molecule has 1 amide bonds. The van der Waals surface area contributed by atoms with Crippen LogP contribution in [0, 0.1) is 6.92 Å². The van der Waals surface area contributed by atoms with Crippen LogP contribution in [0.5, 0.6) is 0 Å². The quantitative estimate of drug-likeness (QED) is 0.257. The van der Waals surface area contributed by atoms with E-state index >= 15 is 0 Å². The van der Waals surface area contributed by atoms with E-state index in [0.29, 0.717) is 40.4 Å². The molecule has 0 aliphatic heterocycles. The summed E-state index contributed by atoms with van der Waals surface area (Å²) in [7, 11) is 0. The number of amides is 1. The molecule has 0 fully saturated rings. The second-order valence-corrected chi connectivity index (χ2v) is 9.60. The van der Waals surface area contributed by atoms with Crippen LogP contribution in [0.15, 0.2) is 77.6 Å². The van der Waals surface area contributed by atoms with Gasteiger partial charge in [-0.1, -0.05) is 67.4 Å². The minimum absolute atomic E-state index is 0.0714. The molecule has 5 nitrogen and oxygen atoms in total. The van der Waals surface area contributed by atoms with Gasteiger partial charge in [-0.15, -0.1) is 0 Å². The Morgan fingerprint density at radius 1 is 1.06 bits per heavy atom. The number of aromatic nitrogens is 2. The third-order valence-corrected chi connectivity index (χ3v) is 6.83. The minimum atomic E-state index is -0.412. The van der Waals surface area contributed by atoms with Crippen LogP contribution in [0.4, 0.5) is 0 Å². The number of hydrogen-bond donors (Lipinski definition) is 0. The Morgan fingerprint density at radius 3 is 2.50 bits per heavy atom. The molecule has 0 saturated heterocycles. The molecule has 1 atom stereocenters. The molecule has 1 aromatic heterocycles. The molecule has 0 N–H and O–H groups in total. The highest BCUT2D eigenvalue weighted by Gasteiger charge is 2.27. The van der Waals surface area contributed by atoms with Gasteiger partial charge in [-0.25, -0.2) is 4.98 Å². The highest BCUT2D eigenvalue weighted by Crippen LogP contribution is 2.26. The maximum atomic E-state index is 13.8. The Bertz CT molecular complexity index is 1420. The molecule has 0 radical (unpaired) electrons. The molecule has 4 rings (SSSR count). The lowest BCUT2D eigenvalue weighted by Crippen LogP contribution is -2.38. The molecule has 0 bridgehead atoms. The summed E-state index contributed by atoms with van der Waals surface area (Å²) < 4.78 is 1.65. The van der Waals surface area contributed by atoms with E-state index in [2.05, 4.69) is 19.1 Å². The Labute approximate surface area is 217 Å². The van der Waals surface area contributed by atoms with Gasteiger partial charge < -0.3 is 4.90 Å². The van der Waals surface area contributed by atoms with Gasteiger partial charge in [0.05, 0.1) is 22.6 Å². The van der Waals surface area contributed by atoms with E-state index in [1.165, 1.54) is 0 Å². The SMILES string of the molecule is CCCCC(=O)N(CCc1ccccc1)C(C)c1nc2ccccc2c(=O)n1-c1ccc(Cl)cc1C. The van der Waals surface area contributed by atoms with E-state index in [1.807, 2.05) is 67.3 Å². The molecule has 186 valence electrons. The summed E-state index contributed by atoms with van der Waals surface area (Å²) in [6.45, 7) is 6.51. The van der Waals surface area contributed by atoms with Crippen LogP contribution >= 0.6 is 11.6 Å². The largest absolute Gasteiger partial charge is 0.332 e. The molecule has 36 heavy (non-hydrogen) atoms. The molecule has 0 aliphatic rings. The third-order valence-electron chi connectivity index (χ3n) is 6.59. The zero-order valence-electron chi connectivity index (χ0n) is 21.1. The number of benzene rings is 3. The van der Waals surface area contributed by atoms with Crippen molar-refractivity contribution in [3.8, 4) is 5.69 Å². The zero-order chi connectivity index (χ0) is 25.7. The van der Waals surface area contributed by atoms with Gasteiger partial charge in [0, 0.05) is 18.0 Å². The van der Waals surface area contributed by atoms with Crippen molar-refractivity contribution >= 4 is 28.4 Å². The Balaban J connectivity index is 1.84. The molecule has 3 aromatic carbocycles. The number of nitrogens with zero attached hydrogens (tertiary/aromatic N) is 3. The second-order valence-electron chi connectivity index (χ2n) is 9.16. The van der Waals surface area contributed by atoms with Crippen LogP contribution in [-0.2, 0) is 11.2 Å². The number of hydrogen-bond acceptors (Lipinski definition) is 3. The fourth-order valence-corrected chi connectivity index (χ4v) is 4.80. The summed E-state index contributed by atoms with van der Waals surface area (Å²) in [6, 6.07) is 22.6. The van der Waals surface area contributed by atoms with Crippen molar-refractivity contribution in [3.63, 3.8) is 0 Å². The molecular formula is C30H32ClN3O2. The van der Waals surface area contributed by atoms with Crippen molar-refractivity contribution in [3.05, 3.63) is 105 Å². The van der Waals surface area contributed by atoms with Crippen LogP contribution in [0.2, 0.25) is 5.02 Å². The summed E-state index contributed by atoms with van der Waals surface area (Å²) in [6.07, 6.45) is 2.95. The van der Waals surface area contributed by atoms with Crippen molar-refractivity contribution in [2.24, 2.45) is 0 Å². The van der Waals surface area contributed by atoms with Gasteiger partial charge in [-0.3, -0.25) is 14.2 Å². The predicted molar refractivity (Wildman–Crippen MR) is 147 cm³/mol. The Kier molecular flexibility index (Phi) is 8.21. The summed E-state index contributed by atoms with van der Waals surface area (Å²) in [4.78, 5) is 34.1. The van der Waals surface area contributed by atoms with Gasteiger partial charge in [-0.05, 0) is 68.1 Å². The van der Waals surface area contributed by atoms with Crippen molar-refractivity contribution in [2.75, 3.05) is 6.54 Å². The second kappa shape index (κ2) is 11.5. The number of rotatable bonds is 9. The third kappa shape index (κ3) is 5.52. The van der Waals surface area contributed by atoms with Crippen molar-refractivity contribution < 1.29 is 4.79 Å². The van der Waals surface area contributed by atoms with Gasteiger partial charge in [0.2, 0.25) is 5.91 Å². The first-order valence-electron chi connectivity index (χ1n) is 12.5. The highest BCUT2D eigenvalue weighted by atomic mass is 35.5. The molecule has 4 aromatic rings. The van der Waals surface area contributed by atoms with Crippen molar-refractivity contribution in [2.45, 2.75) is 52.5 Å². The van der Waals surface area contributed by atoms with Gasteiger partial charge in [0.15, 0.2) is 0 Å². The molecule has 1 heterocycles. The number of halogens is 1. The molecule has 0 saturated carbocycles. The topological polar surface area (TPSA) is 55.2 Å². The Hall–Kier alpha value is -3.44. The van der Waals surface area contributed by atoms with Crippen LogP contribution in [-0.4, -0.2) is 26.9 Å². The Morgan fingerprint density at radius 2 is 1.78 bits per heavy atom. The lowest BCUT2D eigenvalue weighted by Gasteiger charge is -2.31. The summed E-state index contributed by atoms with van der Waals surface area (Å²) in [5.41, 5.74) is 3.21. The molecule has 0 spiro atoms. The van der Waals surface area contributed by atoms with Crippen molar-refractivity contribution in [1.29, 1.82) is 0 Å². The number of para-hydroxylation sites is 1. The van der Waals surface area contributed by atoms with E-state index in [0.717, 1.165) is 30.4 Å². The summed E-state index contributed by atoms with van der Waals surface area (Å²) in [5, 5.41) is 1.14. The summed E-state index contributed by atoms with van der Waals surface area (Å²) >= 11 is 6.23. The number of unbranched alkanes of at least 4 members (excludes halogenated alkanes) is 1. The number of aryl methyl sites for hydroxylation is 1. The van der Waals surface area contributed by atoms with Gasteiger partial charge >= 0.3 is 0 Å². The predicted octanol–water partition coefficient (Wildman–Crippen LogP) is 6.67. The first-order chi connectivity index (χ1) is 17.4. The average molecular weight is 502 g/mol. The maximum absolute atomic E-state index is 13.8. The first kappa shape index (κ1) is 25.6. The fraction of sp³-hybridized carbons (Fsp3) is 0.300.